The molecule has 1 aromatic carbocycles. The highest BCUT2D eigenvalue weighted by Gasteiger charge is 2.43. The van der Waals surface area contributed by atoms with Gasteiger partial charge < -0.3 is 39.2 Å². The zero-order valence-corrected chi connectivity index (χ0v) is 27.7. The predicted molar refractivity (Wildman–Crippen MR) is 172 cm³/mol. The van der Waals surface area contributed by atoms with Crippen molar-refractivity contribution in [3.8, 4) is 5.75 Å². The van der Waals surface area contributed by atoms with Gasteiger partial charge in [0, 0.05) is 77.2 Å². The molecule has 0 spiro atoms. The minimum atomic E-state index is -0.405. The van der Waals surface area contributed by atoms with Gasteiger partial charge in [0.05, 0.1) is 24.9 Å². The number of ether oxygens (including phenoxy) is 5. The molecular weight excluding hydrogens is 558 g/mol. The van der Waals surface area contributed by atoms with Crippen LogP contribution in [0.1, 0.15) is 77.7 Å². The molecule has 3 saturated heterocycles. The summed E-state index contributed by atoms with van der Waals surface area (Å²) in [7, 11) is 1.77. The Kier molecular flexibility index (Phi) is 11.9. The van der Waals surface area contributed by atoms with E-state index in [9.17, 15) is 4.79 Å². The Labute approximate surface area is 265 Å². The summed E-state index contributed by atoms with van der Waals surface area (Å²) in [6.07, 6.45) is 8.14. The van der Waals surface area contributed by atoms with Crippen LogP contribution in [0.3, 0.4) is 0 Å². The number of benzene rings is 1. The molecule has 9 heteroatoms. The molecule has 3 fully saturated rings. The number of piperidine rings is 1. The number of carbonyl (C=O) groups excluding carboxylic acids is 1. The molecule has 44 heavy (non-hydrogen) atoms. The number of carbonyl (C=O) groups is 1. The summed E-state index contributed by atoms with van der Waals surface area (Å²) in [5, 5.41) is 6.90. The molecule has 1 aromatic rings. The van der Waals surface area contributed by atoms with Crippen molar-refractivity contribution < 1.29 is 28.5 Å². The van der Waals surface area contributed by atoms with E-state index in [1.54, 1.807) is 7.11 Å². The van der Waals surface area contributed by atoms with E-state index in [2.05, 4.69) is 54.5 Å². The third kappa shape index (κ3) is 8.87. The lowest BCUT2D eigenvalue weighted by atomic mass is 9.81. The van der Waals surface area contributed by atoms with Crippen LogP contribution >= 0.6 is 0 Å². The molecule has 4 heterocycles. The molecule has 0 radical (unpaired) electrons. The van der Waals surface area contributed by atoms with Crippen LogP contribution in [0, 0.1) is 17.3 Å². The van der Waals surface area contributed by atoms with E-state index in [0.717, 1.165) is 122 Å². The van der Waals surface area contributed by atoms with Gasteiger partial charge in [0.15, 0.2) is 0 Å². The maximum absolute atomic E-state index is 13.0. The van der Waals surface area contributed by atoms with Gasteiger partial charge in [-0.1, -0.05) is 19.9 Å². The molecule has 0 aromatic heterocycles. The molecule has 4 aliphatic rings. The Balaban J connectivity index is 1.10. The van der Waals surface area contributed by atoms with Gasteiger partial charge in [0.1, 0.15) is 11.4 Å². The lowest BCUT2D eigenvalue weighted by molar-refractivity contribution is -0.130. The minimum Gasteiger partial charge on any atom is -0.483 e. The minimum absolute atomic E-state index is 0.157. The molecule has 0 bridgehead atoms. The number of rotatable bonds is 13. The number of fused-ring (bicyclic) bond motifs is 1. The van der Waals surface area contributed by atoms with Gasteiger partial charge in [-0.25, -0.2) is 0 Å². The van der Waals surface area contributed by atoms with Crippen molar-refractivity contribution in [1.82, 2.24) is 10.6 Å². The average Bonchev–Trinajstić information content (AvgIpc) is 3.04. The van der Waals surface area contributed by atoms with E-state index in [1.807, 2.05) is 0 Å². The predicted octanol–water partition coefficient (Wildman–Crippen LogP) is 4.70. The Hall–Kier alpha value is -1.91. The fourth-order valence-corrected chi connectivity index (χ4v) is 7.41. The van der Waals surface area contributed by atoms with E-state index < -0.39 is 5.41 Å². The Morgan fingerprint density at radius 3 is 2.55 bits per heavy atom. The molecule has 0 saturated carbocycles. The quantitative estimate of drug-likeness (QED) is 0.309. The molecule has 248 valence electrons. The summed E-state index contributed by atoms with van der Waals surface area (Å²) >= 11 is 0. The molecular formula is C35H57N3O6. The number of hydrogen-bond acceptors (Lipinski definition) is 8. The zero-order chi connectivity index (χ0) is 31.0. The maximum Gasteiger partial charge on any atom is 0.225 e. The third-order valence-electron chi connectivity index (χ3n) is 10.3. The van der Waals surface area contributed by atoms with E-state index in [1.165, 1.54) is 5.56 Å². The fraction of sp³-hybridized carbons (Fsp3) is 0.800. The largest absolute Gasteiger partial charge is 0.483 e. The topological polar surface area (TPSA) is 90.5 Å². The smallest absolute Gasteiger partial charge is 0.225 e. The van der Waals surface area contributed by atoms with Gasteiger partial charge in [0.25, 0.3) is 0 Å². The highest BCUT2D eigenvalue weighted by molar-refractivity contribution is 5.81. The van der Waals surface area contributed by atoms with E-state index in [4.69, 9.17) is 23.7 Å². The van der Waals surface area contributed by atoms with Gasteiger partial charge in [-0.15, -0.1) is 0 Å². The second-order valence-corrected chi connectivity index (χ2v) is 14.3. The molecule has 0 aliphatic carbocycles. The van der Waals surface area contributed by atoms with E-state index >= 15 is 0 Å². The van der Waals surface area contributed by atoms with Crippen LogP contribution in [0.15, 0.2) is 18.2 Å². The van der Waals surface area contributed by atoms with Gasteiger partial charge in [-0.05, 0) is 81.9 Å². The normalized spacial score (nSPS) is 27.0. The number of amides is 1. The number of hydrogen-bond donors (Lipinski definition) is 2. The van der Waals surface area contributed by atoms with Crippen molar-refractivity contribution in [3.05, 3.63) is 23.8 Å². The van der Waals surface area contributed by atoms with Crippen LogP contribution in [0.4, 0.5) is 5.69 Å². The van der Waals surface area contributed by atoms with Crippen molar-refractivity contribution in [3.63, 3.8) is 0 Å². The lowest BCUT2D eigenvalue weighted by Gasteiger charge is -2.48. The average molecular weight is 616 g/mol. The van der Waals surface area contributed by atoms with Crippen LogP contribution in [0.5, 0.6) is 5.75 Å². The summed E-state index contributed by atoms with van der Waals surface area (Å²) in [6.45, 7) is 14.4. The zero-order valence-electron chi connectivity index (χ0n) is 27.7. The molecule has 1 unspecified atom stereocenters. The highest BCUT2D eigenvalue weighted by Crippen LogP contribution is 2.43. The van der Waals surface area contributed by atoms with Crippen LogP contribution in [-0.2, 0) is 30.3 Å². The third-order valence-corrected chi connectivity index (χ3v) is 10.3. The monoisotopic (exact) mass is 615 g/mol. The van der Waals surface area contributed by atoms with Gasteiger partial charge in [0.2, 0.25) is 5.91 Å². The molecule has 5 rings (SSSR count). The van der Waals surface area contributed by atoms with Crippen LogP contribution in [0.2, 0.25) is 0 Å². The summed E-state index contributed by atoms with van der Waals surface area (Å²) < 4.78 is 29.6. The standard InChI is InChI=1S/C35H57N3O6/c1-34(2,33(39)37-22-26-10-16-41-17-11-26)21-29-7-8-30(23-36-29)43-24-27-6-9-32-31(20-27)38(14-5-15-40-4)25-35(3,44-32)28-12-18-42-19-13-28/h6,9,20,26,28-30,36H,5,7-8,10-19,21-25H2,1-4H3,(H,37,39)/t29-,30+,35?/m0/s1. The molecule has 2 N–H and O–H groups in total. The Morgan fingerprint density at radius 2 is 1.84 bits per heavy atom. The first kappa shape index (κ1) is 33.5. The second kappa shape index (κ2) is 15.6. The van der Waals surface area contributed by atoms with Crippen LogP contribution in [0.25, 0.3) is 0 Å². The van der Waals surface area contributed by atoms with E-state index in [-0.39, 0.29) is 17.6 Å². The lowest BCUT2D eigenvalue weighted by Crippen LogP contribution is -2.55. The first-order chi connectivity index (χ1) is 21.3. The molecule has 4 aliphatic heterocycles. The first-order valence-corrected chi connectivity index (χ1v) is 17.1. The maximum atomic E-state index is 13.0. The summed E-state index contributed by atoms with van der Waals surface area (Å²) in [6, 6.07) is 6.87. The first-order valence-electron chi connectivity index (χ1n) is 17.1. The summed E-state index contributed by atoms with van der Waals surface area (Å²) in [5.41, 5.74) is 1.69. The second-order valence-electron chi connectivity index (χ2n) is 14.3. The molecule has 3 atom stereocenters. The van der Waals surface area contributed by atoms with Gasteiger partial charge in [-0.3, -0.25) is 4.79 Å². The van der Waals surface area contributed by atoms with Gasteiger partial charge in [-0.2, -0.15) is 0 Å². The number of methoxy groups -OCH3 is 1. The number of anilines is 1. The number of nitrogens with one attached hydrogen (secondary N) is 2. The van der Waals surface area contributed by atoms with Crippen LogP contribution in [-0.4, -0.2) is 90.0 Å². The Bertz CT molecular complexity index is 1050. The van der Waals surface area contributed by atoms with E-state index in [0.29, 0.717) is 24.5 Å². The van der Waals surface area contributed by atoms with Crippen molar-refractivity contribution in [2.24, 2.45) is 17.3 Å². The Morgan fingerprint density at radius 1 is 1.09 bits per heavy atom. The summed E-state index contributed by atoms with van der Waals surface area (Å²) in [4.78, 5) is 15.5. The molecule has 1 amide bonds. The van der Waals surface area contributed by atoms with Gasteiger partial charge >= 0.3 is 0 Å². The van der Waals surface area contributed by atoms with Crippen molar-refractivity contribution >= 4 is 11.6 Å². The van der Waals surface area contributed by atoms with Crippen molar-refractivity contribution in [2.45, 2.75) is 96.5 Å². The highest BCUT2D eigenvalue weighted by atomic mass is 16.5. The summed E-state index contributed by atoms with van der Waals surface area (Å²) in [5.74, 6) is 2.14. The SMILES string of the molecule is COCCCN1CC(C)(C2CCOCC2)Oc2ccc(CO[C@@H]3CC[C@@H](CC(C)(C)C(=O)NCC4CCOCC4)NC3)cc21. The van der Waals surface area contributed by atoms with Crippen molar-refractivity contribution in [1.29, 1.82) is 0 Å². The number of nitrogens with zero attached hydrogens (tertiary/aromatic N) is 1. The van der Waals surface area contributed by atoms with Crippen LogP contribution < -0.4 is 20.3 Å². The van der Waals surface area contributed by atoms with Crippen molar-refractivity contribution in [2.75, 3.05) is 71.2 Å². The fourth-order valence-electron chi connectivity index (χ4n) is 7.41. The molecule has 9 nitrogen and oxygen atoms in total.